The first-order chi connectivity index (χ1) is 13.1. The van der Waals surface area contributed by atoms with Crippen LogP contribution >= 0.6 is 11.6 Å². The van der Waals surface area contributed by atoms with Crippen molar-refractivity contribution in [2.45, 2.75) is 11.8 Å². The second-order valence-electron chi connectivity index (χ2n) is 5.89. The van der Waals surface area contributed by atoms with Crippen LogP contribution in [0.1, 0.15) is 18.8 Å². The van der Waals surface area contributed by atoms with Crippen LogP contribution in [0.2, 0.25) is 5.02 Å². The van der Waals surface area contributed by atoms with E-state index in [-0.39, 0.29) is 73.7 Å². The molecule has 0 saturated heterocycles. The Hall–Kier alpha value is -1.44. The van der Waals surface area contributed by atoms with Crippen LogP contribution in [0.5, 0.6) is 5.75 Å². The molecule has 11 heteroatoms. The van der Waals surface area contributed by atoms with Gasteiger partial charge < -0.3 is 13.1 Å². The summed E-state index contributed by atoms with van der Waals surface area (Å²) >= 11 is 5.91. The average molecular weight is 560 g/mol. The predicted octanol–water partition coefficient (Wildman–Crippen LogP) is 4.71. The van der Waals surface area contributed by atoms with Crippen LogP contribution in [0, 0.1) is 6.92 Å². The number of fused-ring (bicyclic) bond motifs is 1. The molecule has 0 bridgehead atoms. The van der Waals surface area contributed by atoms with Crippen molar-refractivity contribution in [1.29, 1.82) is 0 Å². The maximum Gasteiger partial charge on any atom is 2.00 e. The predicted molar refractivity (Wildman–Crippen MR) is 111 cm³/mol. The third-order valence-corrected chi connectivity index (χ3v) is 5.29. The Morgan fingerprint density at radius 2 is 1.79 bits per heavy atom. The van der Waals surface area contributed by atoms with Gasteiger partial charge in [-0.25, -0.2) is 4.79 Å². The van der Waals surface area contributed by atoms with E-state index in [2.05, 4.69) is 10.2 Å². The fourth-order valence-electron chi connectivity index (χ4n) is 2.62. The SMILES string of the molecule is Cc1cc(N=Nc2c(O)c(C(=O)O)cc3ccccc23)c(S(=O)(=O)O)cc1Cl.[Ba+2].[H-].[H-]. The normalized spacial score (nSPS) is 11.6. The standard InChI is InChI=1S/C18H13ClN2O6S.Ba.2H/c1-9-6-14(15(8-13(9)19)28(25,26)27)20-21-16-11-5-3-2-4-10(11)7-12(17(16)22)18(23)24;;;/h2-8,22H,1H3,(H,23,24)(H,25,26,27);;;/q;+2;2*-1. The molecule has 148 valence electrons. The third-order valence-electron chi connectivity index (χ3n) is 4.00. The smallest absolute Gasteiger partial charge is 1.00 e. The zero-order valence-electron chi connectivity index (χ0n) is 17.0. The number of carbonyl (C=O) groups is 1. The Labute approximate surface area is 214 Å². The number of benzene rings is 3. The van der Waals surface area contributed by atoms with Gasteiger partial charge in [0.05, 0.1) is 0 Å². The van der Waals surface area contributed by atoms with Crippen LogP contribution in [0.15, 0.2) is 57.6 Å². The molecule has 0 aliphatic heterocycles. The molecule has 0 radical (unpaired) electrons. The molecule has 0 atom stereocenters. The van der Waals surface area contributed by atoms with Crippen molar-refractivity contribution >= 4 is 98.7 Å². The van der Waals surface area contributed by atoms with E-state index in [0.717, 1.165) is 6.07 Å². The number of aromatic hydroxyl groups is 1. The first-order valence-corrected chi connectivity index (χ1v) is 9.58. The fraction of sp³-hybridized carbons (Fsp3) is 0.0556. The van der Waals surface area contributed by atoms with E-state index < -0.39 is 26.7 Å². The number of nitrogens with zero attached hydrogens (tertiary/aromatic N) is 2. The molecule has 3 aromatic rings. The maximum atomic E-state index is 11.6. The van der Waals surface area contributed by atoms with Gasteiger partial charge in [0.25, 0.3) is 10.1 Å². The topological polar surface area (TPSA) is 137 Å². The van der Waals surface area contributed by atoms with Crippen LogP contribution in [0.3, 0.4) is 0 Å². The number of carboxylic acids is 1. The fourth-order valence-corrected chi connectivity index (χ4v) is 3.48. The molecule has 0 saturated carbocycles. The van der Waals surface area contributed by atoms with Crippen LogP contribution in [-0.4, -0.2) is 78.0 Å². The number of hydrogen-bond acceptors (Lipinski definition) is 6. The van der Waals surface area contributed by atoms with Crippen LogP contribution in [-0.2, 0) is 10.1 Å². The van der Waals surface area contributed by atoms with E-state index in [1.165, 1.54) is 12.1 Å². The second kappa shape index (κ2) is 9.15. The Kier molecular flexibility index (Phi) is 7.52. The number of carboxylic acid groups (broad SMARTS) is 1. The van der Waals surface area contributed by atoms with Crippen molar-refractivity contribution in [2.75, 3.05) is 0 Å². The van der Waals surface area contributed by atoms with E-state index in [0.29, 0.717) is 16.3 Å². The third kappa shape index (κ3) is 5.01. The molecule has 3 rings (SSSR count). The van der Waals surface area contributed by atoms with Gasteiger partial charge in [-0.1, -0.05) is 35.9 Å². The van der Waals surface area contributed by atoms with Gasteiger partial charge in [-0.3, -0.25) is 4.55 Å². The number of rotatable bonds is 4. The summed E-state index contributed by atoms with van der Waals surface area (Å²) in [5.74, 6) is -1.98. The van der Waals surface area contributed by atoms with Crippen LogP contribution in [0.4, 0.5) is 11.4 Å². The number of halogens is 1. The maximum absolute atomic E-state index is 11.6. The second-order valence-corrected chi connectivity index (χ2v) is 7.69. The van der Waals surface area contributed by atoms with E-state index in [9.17, 15) is 28.0 Å². The Morgan fingerprint density at radius 1 is 1.14 bits per heavy atom. The molecule has 3 N–H and O–H groups in total. The monoisotopic (exact) mass is 560 g/mol. The number of aromatic carboxylic acids is 1. The first-order valence-electron chi connectivity index (χ1n) is 7.77. The molecule has 0 fully saturated rings. The number of aryl methyl sites for hydroxylation is 1. The Balaban J connectivity index is 0.00000300. The number of azo groups is 1. The van der Waals surface area contributed by atoms with E-state index in [1.54, 1.807) is 31.2 Å². The van der Waals surface area contributed by atoms with Crippen molar-refractivity contribution in [2.24, 2.45) is 10.2 Å². The average Bonchev–Trinajstić information content (AvgIpc) is 2.61. The molecule has 8 nitrogen and oxygen atoms in total. The summed E-state index contributed by atoms with van der Waals surface area (Å²) in [6.07, 6.45) is 0. The summed E-state index contributed by atoms with van der Waals surface area (Å²) in [6, 6.07) is 10.2. The van der Waals surface area contributed by atoms with Crippen LogP contribution in [0.25, 0.3) is 10.8 Å². The summed E-state index contributed by atoms with van der Waals surface area (Å²) in [5, 5.41) is 28.4. The molecule has 0 amide bonds. The van der Waals surface area contributed by atoms with Gasteiger partial charge >= 0.3 is 54.9 Å². The van der Waals surface area contributed by atoms with Gasteiger partial charge in [-0.15, -0.1) is 10.2 Å². The van der Waals surface area contributed by atoms with Crippen LogP contribution < -0.4 is 0 Å². The van der Waals surface area contributed by atoms with E-state index >= 15 is 0 Å². The Bertz CT molecular complexity index is 1270. The van der Waals surface area contributed by atoms with E-state index in [4.69, 9.17) is 11.6 Å². The van der Waals surface area contributed by atoms with Gasteiger partial charge in [0.15, 0.2) is 5.75 Å². The molecule has 0 aliphatic rings. The summed E-state index contributed by atoms with van der Waals surface area (Å²) in [5.41, 5.74) is -0.260. The molecule has 0 aliphatic carbocycles. The summed E-state index contributed by atoms with van der Waals surface area (Å²) in [6.45, 7) is 1.60. The number of hydrogen-bond donors (Lipinski definition) is 3. The molecule has 0 spiro atoms. The molecule has 0 aromatic heterocycles. The molecule has 29 heavy (non-hydrogen) atoms. The minimum absolute atomic E-state index is 0. The molecular formula is C18H15BaClN2O6S. The summed E-state index contributed by atoms with van der Waals surface area (Å²) < 4.78 is 32.6. The largest absolute Gasteiger partial charge is 2.00 e. The van der Waals surface area contributed by atoms with Crippen molar-refractivity contribution in [3.63, 3.8) is 0 Å². The van der Waals surface area contributed by atoms with Crippen molar-refractivity contribution in [1.82, 2.24) is 0 Å². The zero-order chi connectivity index (χ0) is 20.6. The molecule has 0 heterocycles. The van der Waals surface area contributed by atoms with Gasteiger partial charge in [-0.05, 0) is 36.1 Å². The molecule has 0 unspecified atom stereocenters. The Morgan fingerprint density at radius 3 is 2.41 bits per heavy atom. The zero-order valence-corrected chi connectivity index (χ0v) is 21.0. The van der Waals surface area contributed by atoms with Crippen molar-refractivity contribution in [3.8, 4) is 5.75 Å². The number of phenols is 1. The van der Waals surface area contributed by atoms with Crippen molar-refractivity contribution < 1.29 is 30.8 Å². The minimum Gasteiger partial charge on any atom is -1.00 e. The van der Waals surface area contributed by atoms with Gasteiger partial charge in [0.2, 0.25) is 0 Å². The van der Waals surface area contributed by atoms with Gasteiger partial charge in [0.1, 0.15) is 21.8 Å². The van der Waals surface area contributed by atoms with E-state index in [1.807, 2.05) is 0 Å². The molecule has 3 aromatic carbocycles. The van der Waals surface area contributed by atoms with Gasteiger partial charge in [-0.2, -0.15) is 8.42 Å². The van der Waals surface area contributed by atoms with Gasteiger partial charge in [0, 0.05) is 10.4 Å². The molecular weight excluding hydrogens is 545 g/mol. The minimum atomic E-state index is -4.65. The first kappa shape index (κ1) is 23.8. The van der Waals surface area contributed by atoms with Crippen molar-refractivity contribution in [3.05, 3.63) is 58.6 Å². The summed E-state index contributed by atoms with van der Waals surface area (Å²) in [7, 11) is -4.65. The summed E-state index contributed by atoms with van der Waals surface area (Å²) in [4.78, 5) is 10.8. The quantitative estimate of drug-likeness (QED) is 0.240.